The maximum atomic E-state index is 12.4. The second kappa shape index (κ2) is 6.11. The third-order valence-electron chi connectivity index (χ3n) is 3.11. The van der Waals surface area contributed by atoms with Gasteiger partial charge in [-0.2, -0.15) is 0 Å². The molecule has 20 heavy (non-hydrogen) atoms. The highest BCUT2D eigenvalue weighted by molar-refractivity contribution is 7.21. The molecule has 108 valence electrons. The first-order valence-electron chi connectivity index (χ1n) is 6.19. The van der Waals surface area contributed by atoms with Gasteiger partial charge in [-0.15, -0.1) is 11.3 Å². The molecule has 1 amide bonds. The monoisotopic (exact) mass is 294 g/mol. The number of hydrogen-bond donors (Lipinski definition) is 1. The van der Waals surface area contributed by atoms with Gasteiger partial charge in [-0.05, 0) is 12.1 Å². The van der Waals surface area contributed by atoms with E-state index in [0.717, 1.165) is 10.1 Å². The van der Waals surface area contributed by atoms with Crippen LogP contribution in [0.15, 0.2) is 18.2 Å². The molecule has 2 N–H and O–H groups in total. The van der Waals surface area contributed by atoms with E-state index in [1.54, 1.807) is 26.2 Å². The Hall–Kier alpha value is -1.79. The van der Waals surface area contributed by atoms with Gasteiger partial charge in [0.05, 0.1) is 24.8 Å². The zero-order chi connectivity index (χ0) is 14.7. The van der Waals surface area contributed by atoms with Gasteiger partial charge >= 0.3 is 0 Å². The average molecular weight is 294 g/mol. The van der Waals surface area contributed by atoms with Crippen molar-refractivity contribution in [2.24, 2.45) is 0 Å². The number of amides is 1. The van der Waals surface area contributed by atoms with Crippen molar-refractivity contribution in [1.82, 2.24) is 4.90 Å². The number of anilines is 1. The Bertz CT molecular complexity index is 624. The van der Waals surface area contributed by atoms with Gasteiger partial charge in [0.1, 0.15) is 10.6 Å². The van der Waals surface area contributed by atoms with E-state index >= 15 is 0 Å². The number of ether oxygens (including phenoxy) is 2. The third kappa shape index (κ3) is 2.57. The van der Waals surface area contributed by atoms with Crippen LogP contribution in [-0.2, 0) is 4.74 Å². The number of methoxy groups -OCH3 is 2. The van der Waals surface area contributed by atoms with Crippen LogP contribution in [0.2, 0.25) is 0 Å². The van der Waals surface area contributed by atoms with Crippen LogP contribution in [0, 0.1) is 0 Å². The molecule has 5 nitrogen and oxygen atoms in total. The Morgan fingerprint density at radius 1 is 1.40 bits per heavy atom. The highest BCUT2D eigenvalue weighted by Crippen LogP contribution is 2.39. The SMILES string of the molecule is COCCN(C)C(=O)c1sc2cccc(OC)c2c1N. The summed E-state index contributed by atoms with van der Waals surface area (Å²) in [7, 11) is 4.94. The zero-order valence-electron chi connectivity index (χ0n) is 11.8. The maximum absolute atomic E-state index is 12.4. The van der Waals surface area contributed by atoms with Crippen LogP contribution in [0.3, 0.4) is 0 Å². The molecule has 0 spiro atoms. The summed E-state index contributed by atoms with van der Waals surface area (Å²) in [5.74, 6) is 0.595. The molecule has 0 radical (unpaired) electrons. The molecular formula is C14H18N2O3S. The number of carbonyl (C=O) groups is 1. The van der Waals surface area contributed by atoms with Crippen LogP contribution in [-0.4, -0.2) is 45.2 Å². The smallest absolute Gasteiger partial charge is 0.265 e. The summed E-state index contributed by atoms with van der Waals surface area (Å²) < 4.78 is 11.2. The number of hydrogen-bond acceptors (Lipinski definition) is 5. The van der Waals surface area contributed by atoms with Crippen LogP contribution < -0.4 is 10.5 Å². The van der Waals surface area contributed by atoms with E-state index in [0.29, 0.717) is 29.5 Å². The molecule has 0 unspecified atom stereocenters. The molecule has 0 saturated carbocycles. The highest BCUT2D eigenvalue weighted by atomic mass is 32.1. The lowest BCUT2D eigenvalue weighted by molar-refractivity contribution is 0.0750. The van der Waals surface area contributed by atoms with Crippen LogP contribution in [0.4, 0.5) is 5.69 Å². The molecule has 0 saturated heterocycles. The molecule has 0 fully saturated rings. The van der Waals surface area contributed by atoms with E-state index in [2.05, 4.69) is 0 Å². The van der Waals surface area contributed by atoms with Gasteiger partial charge in [0.25, 0.3) is 5.91 Å². The largest absolute Gasteiger partial charge is 0.496 e. The number of benzene rings is 1. The van der Waals surface area contributed by atoms with Crippen molar-refractivity contribution in [2.45, 2.75) is 0 Å². The topological polar surface area (TPSA) is 64.8 Å². The normalized spacial score (nSPS) is 10.8. The first-order chi connectivity index (χ1) is 9.60. The van der Waals surface area contributed by atoms with Crippen molar-refractivity contribution in [1.29, 1.82) is 0 Å². The van der Waals surface area contributed by atoms with Gasteiger partial charge in [0, 0.05) is 25.4 Å². The predicted molar refractivity (Wildman–Crippen MR) is 81.6 cm³/mol. The molecule has 0 aliphatic heterocycles. The molecule has 0 aliphatic rings. The summed E-state index contributed by atoms with van der Waals surface area (Å²) in [6.07, 6.45) is 0. The van der Waals surface area contributed by atoms with E-state index in [1.807, 2.05) is 18.2 Å². The molecule has 2 aromatic rings. The minimum atomic E-state index is -0.0946. The Balaban J connectivity index is 2.40. The quantitative estimate of drug-likeness (QED) is 0.918. The van der Waals surface area contributed by atoms with Gasteiger partial charge < -0.3 is 20.1 Å². The summed E-state index contributed by atoms with van der Waals surface area (Å²) in [5, 5.41) is 0.809. The molecule has 1 aromatic carbocycles. The standard InChI is InChI=1S/C14H18N2O3S/c1-16(7-8-18-2)14(17)13-12(15)11-9(19-3)5-4-6-10(11)20-13/h4-6H,7-8,15H2,1-3H3. The molecule has 0 aliphatic carbocycles. The second-order valence-corrected chi connectivity index (χ2v) is 5.45. The predicted octanol–water partition coefficient (Wildman–Crippen LogP) is 2.21. The van der Waals surface area contributed by atoms with Crippen molar-refractivity contribution in [3.8, 4) is 5.75 Å². The van der Waals surface area contributed by atoms with Crippen LogP contribution in [0.5, 0.6) is 5.75 Å². The molecular weight excluding hydrogens is 276 g/mol. The molecule has 0 atom stereocenters. The number of nitrogen functional groups attached to an aromatic ring is 1. The Morgan fingerprint density at radius 2 is 2.15 bits per heavy atom. The van der Waals surface area contributed by atoms with E-state index in [-0.39, 0.29) is 5.91 Å². The van der Waals surface area contributed by atoms with Gasteiger partial charge in [-0.1, -0.05) is 6.07 Å². The van der Waals surface area contributed by atoms with Crippen LogP contribution >= 0.6 is 11.3 Å². The number of carbonyl (C=O) groups excluding carboxylic acids is 1. The maximum Gasteiger partial charge on any atom is 0.265 e. The van der Waals surface area contributed by atoms with Crippen molar-refractivity contribution in [2.75, 3.05) is 40.2 Å². The van der Waals surface area contributed by atoms with Crippen LogP contribution in [0.1, 0.15) is 9.67 Å². The van der Waals surface area contributed by atoms with Crippen molar-refractivity contribution >= 4 is 33.0 Å². The lowest BCUT2D eigenvalue weighted by Crippen LogP contribution is -2.29. The minimum absolute atomic E-state index is 0.0946. The molecule has 6 heteroatoms. The van der Waals surface area contributed by atoms with E-state index in [9.17, 15) is 4.79 Å². The average Bonchev–Trinajstić information content (AvgIpc) is 2.81. The lowest BCUT2D eigenvalue weighted by atomic mass is 10.2. The first-order valence-corrected chi connectivity index (χ1v) is 7.01. The summed E-state index contributed by atoms with van der Waals surface area (Å²) in [5.41, 5.74) is 6.62. The number of thiophene rings is 1. The highest BCUT2D eigenvalue weighted by Gasteiger charge is 2.21. The first kappa shape index (κ1) is 14.6. The number of rotatable bonds is 5. The Morgan fingerprint density at radius 3 is 2.80 bits per heavy atom. The van der Waals surface area contributed by atoms with Gasteiger partial charge in [0.2, 0.25) is 0 Å². The Kier molecular flexibility index (Phi) is 4.46. The minimum Gasteiger partial charge on any atom is -0.496 e. The lowest BCUT2D eigenvalue weighted by Gasteiger charge is -2.15. The third-order valence-corrected chi connectivity index (χ3v) is 4.26. The van der Waals surface area contributed by atoms with Crippen molar-refractivity contribution < 1.29 is 14.3 Å². The fourth-order valence-electron chi connectivity index (χ4n) is 1.97. The van der Waals surface area contributed by atoms with E-state index < -0.39 is 0 Å². The van der Waals surface area contributed by atoms with Crippen molar-refractivity contribution in [3.63, 3.8) is 0 Å². The summed E-state index contributed by atoms with van der Waals surface area (Å²) >= 11 is 1.39. The number of fused-ring (bicyclic) bond motifs is 1. The fourth-order valence-corrected chi connectivity index (χ4v) is 3.11. The van der Waals surface area contributed by atoms with Crippen LogP contribution in [0.25, 0.3) is 10.1 Å². The molecule has 2 rings (SSSR count). The number of nitrogens with two attached hydrogens (primary N) is 1. The van der Waals surface area contributed by atoms with Gasteiger partial charge in [0.15, 0.2) is 0 Å². The summed E-state index contributed by atoms with van der Waals surface area (Å²) in [6.45, 7) is 1.02. The second-order valence-electron chi connectivity index (χ2n) is 4.40. The summed E-state index contributed by atoms with van der Waals surface area (Å²) in [4.78, 5) is 14.6. The molecule has 0 bridgehead atoms. The number of likely N-dealkylation sites (N-methyl/N-ethyl adjacent to an activating group) is 1. The summed E-state index contributed by atoms with van der Waals surface area (Å²) in [6, 6.07) is 5.67. The van der Waals surface area contributed by atoms with E-state index in [4.69, 9.17) is 15.2 Å². The van der Waals surface area contributed by atoms with Gasteiger partial charge in [-0.25, -0.2) is 0 Å². The van der Waals surface area contributed by atoms with Gasteiger partial charge in [-0.3, -0.25) is 4.79 Å². The number of nitrogens with zero attached hydrogens (tertiary/aromatic N) is 1. The van der Waals surface area contributed by atoms with E-state index in [1.165, 1.54) is 11.3 Å². The zero-order valence-corrected chi connectivity index (χ0v) is 12.6. The van der Waals surface area contributed by atoms with Crippen molar-refractivity contribution in [3.05, 3.63) is 23.1 Å². The fraction of sp³-hybridized carbons (Fsp3) is 0.357. The Labute approximate surface area is 121 Å². The molecule has 1 heterocycles. The molecule has 1 aromatic heterocycles.